The number of nitrogens with zero attached hydrogens (tertiary/aromatic N) is 1. The molecule has 0 unspecified atom stereocenters. The summed E-state index contributed by atoms with van der Waals surface area (Å²) in [5, 5.41) is 0. The van der Waals surface area contributed by atoms with E-state index >= 15 is 0 Å². The Kier molecular flexibility index (Phi) is 4.56. The van der Waals surface area contributed by atoms with Gasteiger partial charge in [-0.15, -0.1) is 6.42 Å². The summed E-state index contributed by atoms with van der Waals surface area (Å²) in [4.78, 5) is 13.6. The molecule has 3 heteroatoms. The highest BCUT2D eigenvalue weighted by atomic mass is 16.2. The van der Waals surface area contributed by atoms with Gasteiger partial charge in [-0.1, -0.05) is 18.1 Å². The maximum absolute atomic E-state index is 12.0. The number of terminal acetylenes is 1. The Morgan fingerprint density at radius 1 is 1.44 bits per heavy atom. The summed E-state index contributed by atoms with van der Waals surface area (Å²) in [5.74, 6) is 2.44. The molecule has 1 aromatic carbocycles. The molecule has 0 fully saturated rings. The van der Waals surface area contributed by atoms with Crippen molar-refractivity contribution in [3.05, 3.63) is 35.4 Å². The summed E-state index contributed by atoms with van der Waals surface area (Å²) in [7, 11) is 0. The van der Waals surface area contributed by atoms with Gasteiger partial charge in [0, 0.05) is 18.7 Å². The Morgan fingerprint density at radius 2 is 2.06 bits per heavy atom. The molecule has 0 heterocycles. The maximum atomic E-state index is 12.0. The molecule has 0 aliphatic carbocycles. The average Bonchev–Trinajstić information content (AvgIpc) is 2.35. The first kappa shape index (κ1) is 12.3. The summed E-state index contributed by atoms with van der Waals surface area (Å²) < 4.78 is 0. The highest BCUT2D eigenvalue weighted by molar-refractivity contribution is 5.94. The van der Waals surface area contributed by atoms with E-state index in [2.05, 4.69) is 5.92 Å². The number of carbonyl (C=O) groups is 1. The molecule has 0 spiro atoms. The largest absolute Gasteiger partial charge is 0.328 e. The van der Waals surface area contributed by atoms with Crippen LogP contribution in [0.25, 0.3) is 0 Å². The fourth-order valence-corrected chi connectivity index (χ4v) is 1.40. The predicted molar refractivity (Wildman–Crippen MR) is 64.7 cm³/mol. The van der Waals surface area contributed by atoms with Gasteiger partial charge in [0.2, 0.25) is 0 Å². The van der Waals surface area contributed by atoms with E-state index in [0.717, 1.165) is 5.56 Å². The lowest BCUT2D eigenvalue weighted by molar-refractivity contribution is 0.0785. The van der Waals surface area contributed by atoms with E-state index in [-0.39, 0.29) is 5.91 Å². The lowest BCUT2D eigenvalue weighted by Gasteiger charge is -2.17. The average molecular weight is 216 g/mol. The summed E-state index contributed by atoms with van der Waals surface area (Å²) in [6.45, 7) is 3.34. The van der Waals surface area contributed by atoms with Crippen molar-refractivity contribution < 1.29 is 4.79 Å². The van der Waals surface area contributed by atoms with Crippen LogP contribution in [0.5, 0.6) is 0 Å². The van der Waals surface area contributed by atoms with Gasteiger partial charge in [0.05, 0.1) is 6.54 Å². The molecule has 3 nitrogen and oxygen atoms in total. The Hall–Kier alpha value is -1.79. The minimum Gasteiger partial charge on any atom is -0.328 e. The minimum absolute atomic E-state index is 0.0379. The van der Waals surface area contributed by atoms with E-state index in [0.29, 0.717) is 25.2 Å². The van der Waals surface area contributed by atoms with Crippen molar-refractivity contribution in [3.8, 4) is 12.3 Å². The fraction of sp³-hybridized carbons (Fsp3) is 0.308. The van der Waals surface area contributed by atoms with Crippen molar-refractivity contribution in [3.63, 3.8) is 0 Å². The monoisotopic (exact) mass is 216 g/mol. The van der Waals surface area contributed by atoms with Crippen molar-refractivity contribution in [2.45, 2.75) is 13.5 Å². The van der Waals surface area contributed by atoms with Crippen LogP contribution < -0.4 is 5.73 Å². The number of carbonyl (C=O) groups excluding carboxylic acids is 1. The number of nitrogens with two attached hydrogens (primary N) is 1. The zero-order valence-electron chi connectivity index (χ0n) is 9.44. The third-order valence-electron chi connectivity index (χ3n) is 2.39. The van der Waals surface area contributed by atoms with Gasteiger partial charge in [-0.3, -0.25) is 4.79 Å². The molecule has 0 atom stereocenters. The van der Waals surface area contributed by atoms with Crippen LogP contribution in [0.1, 0.15) is 22.8 Å². The predicted octanol–water partition coefficient (Wildman–Crippen LogP) is 1.24. The molecule has 16 heavy (non-hydrogen) atoms. The van der Waals surface area contributed by atoms with Gasteiger partial charge in [0.15, 0.2) is 0 Å². The molecule has 2 N–H and O–H groups in total. The molecule has 0 bridgehead atoms. The smallest absolute Gasteiger partial charge is 0.254 e. The summed E-state index contributed by atoms with van der Waals surface area (Å²) in [6.07, 6.45) is 5.21. The van der Waals surface area contributed by atoms with Gasteiger partial charge >= 0.3 is 0 Å². The molecule has 0 aliphatic heterocycles. The zero-order chi connectivity index (χ0) is 12.0. The first-order valence-corrected chi connectivity index (χ1v) is 5.24. The molecule has 0 saturated carbocycles. The maximum Gasteiger partial charge on any atom is 0.254 e. The summed E-state index contributed by atoms with van der Waals surface area (Å²) in [6, 6.07) is 7.28. The van der Waals surface area contributed by atoms with Crippen molar-refractivity contribution in [2.24, 2.45) is 5.73 Å². The van der Waals surface area contributed by atoms with Crippen LogP contribution >= 0.6 is 0 Å². The highest BCUT2D eigenvalue weighted by Crippen LogP contribution is 2.07. The van der Waals surface area contributed by atoms with Crippen LogP contribution in [0, 0.1) is 12.3 Å². The molecule has 84 valence electrons. The Labute approximate surface area is 96.2 Å². The van der Waals surface area contributed by atoms with Gasteiger partial charge < -0.3 is 10.6 Å². The van der Waals surface area contributed by atoms with E-state index in [4.69, 9.17) is 12.2 Å². The highest BCUT2D eigenvalue weighted by Gasteiger charge is 2.12. The quantitative estimate of drug-likeness (QED) is 0.770. The van der Waals surface area contributed by atoms with Crippen molar-refractivity contribution in [2.75, 3.05) is 13.1 Å². The number of rotatable bonds is 4. The molecule has 0 aromatic heterocycles. The Morgan fingerprint density at radius 3 is 2.50 bits per heavy atom. The van der Waals surface area contributed by atoms with Crippen LogP contribution in [-0.2, 0) is 6.54 Å². The summed E-state index contributed by atoms with van der Waals surface area (Å²) in [5.41, 5.74) is 7.15. The Balaban J connectivity index is 2.83. The SMILES string of the molecule is C#CCN(CC)C(=O)c1ccc(CN)cc1. The number of hydrogen-bond donors (Lipinski definition) is 1. The third kappa shape index (κ3) is 2.85. The van der Waals surface area contributed by atoms with Crippen LogP contribution in [0.2, 0.25) is 0 Å². The van der Waals surface area contributed by atoms with Gasteiger partial charge in [-0.25, -0.2) is 0 Å². The molecular weight excluding hydrogens is 200 g/mol. The lowest BCUT2D eigenvalue weighted by Crippen LogP contribution is -2.31. The topological polar surface area (TPSA) is 46.3 Å². The molecule has 1 amide bonds. The second-order valence-corrected chi connectivity index (χ2v) is 3.42. The van der Waals surface area contributed by atoms with Gasteiger partial charge in [0.25, 0.3) is 5.91 Å². The number of hydrogen-bond acceptors (Lipinski definition) is 2. The van der Waals surface area contributed by atoms with Crippen molar-refractivity contribution in [1.82, 2.24) is 4.90 Å². The second-order valence-electron chi connectivity index (χ2n) is 3.42. The van der Waals surface area contributed by atoms with Crippen molar-refractivity contribution >= 4 is 5.91 Å². The lowest BCUT2D eigenvalue weighted by atomic mass is 10.1. The van der Waals surface area contributed by atoms with E-state index in [9.17, 15) is 4.79 Å². The molecular formula is C13H16N2O. The van der Waals surface area contributed by atoms with Gasteiger partial charge in [-0.05, 0) is 24.6 Å². The van der Waals surface area contributed by atoms with Gasteiger partial charge in [-0.2, -0.15) is 0 Å². The van der Waals surface area contributed by atoms with Crippen molar-refractivity contribution in [1.29, 1.82) is 0 Å². The van der Waals surface area contributed by atoms with Crippen LogP contribution in [0.3, 0.4) is 0 Å². The normalized spacial score (nSPS) is 9.56. The molecule has 0 radical (unpaired) electrons. The number of amides is 1. The third-order valence-corrected chi connectivity index (χ3v) is 2.39. The first-order valence-electron chi connectivity index (χ1n) is 5.24. The minimum atomic E-state index is -0.0379. The van der Waals surface area contributed by atoms with E-state index in [1.165, 1.54) is 0 Å². The molecule has 1 rings (SSSR count). The van der Waals surface area contributed by atoms with E-state index in [1.807, 2.05) is 19.1 Å². The van der Waals surface area contributed by atoms with Crippen LogP contribution in [0.15, 0.2) is 24.3 Å². The standard InChI is InChI=1S/C13H16N2O/c1-3-9-15(4-2)13(16)12-7-5-11(10-14)6-8-12/h1,5-8H,4,9-10,14H2,2H3. The number of benzene rings is 1. The van der Waals surface area contributed by atoms with Crippen LogP contribution in [-0.4, -0.2) is 23.9 Å². The molecule has 0 saturated heterocycles. The molecule has 1 aromatic rings. The van der Waals surface area contributed by atoms with E-state index < -0.39 is 0 Å². The second kappa shape index (κ2) is 5.94. The zero-order valence-corrected chi connectivity index (χ0v) is 9.44. The van der Waals surface area contributed by atoms with E-state index in [1.54, 1.807) is 17.0 Å². The van der Waals surface area contributed by atoms with Crippen LogP contribution in [0.4, 0.5) is 0 Å². The molecule has 0 aliphatic rings. The Bertz CT molecular complexity index is 389. The first-order chi connectivity index (χ1) is 7.72. The summed E-state index contributed by atoms with van der Waals surface area (Å²) >= 11 is 0. The van der Waals surface area contributed by atoms with Gasteiger partial charge in [0.1, 0.15) is 0 Å². The fourth-order valence-electron chi connectivity index (χ4n) is 1.40.